The molecule has 12 N–H and O–H groups in total. The predicted octanol–water partition coefficient (Wildman–Crippen LogP) is 22.3. The van der Waals surface area contributed by atoms with E-state index in [1.54, 1.807) is 0 Å². The standard InChI is InChI=1S/C15H26N2OS.C14H24N2OS.C13H22N2OS.C13H21NOS.2C12H20N2OS.C11H18N2OS.C11H17NOS/c1-7-17(8-2)11-12(14(19)13(11)18)16(6)10-9-15(3,4)5;1-7-15(5)10-11(13(18)12(10)17)16(6)9-8-14(2,3)4;1-13(2,3)7-5-6-8-15(4)10-9(14)11(16)12(10)17;1-13(2,3)8-6-4-5-7-9-10(14)11(15)12(9)16;2*1-12(2,3)6-5-7-14(4)9-8(13)10(15)11(9)16;1-11(2,3)5-6-13(4)8-7(12)9(14)10(8)15;1-11(2,3)6-4-5-7-8(12)9(13)10(7)14/h7-10H2,1-6H3;7-9H2,1-6H3;5-8,14H2,1-4H3;4-8,14H2,1-3H3;2*5-7,13H2,1-4H3;5-6,12H2,1-4H3;4-6,12H2,1-3H3. The van der Waals surface area contributed by atoms with E-state index in [0.717, 1.165) is 199 Å². The summed E-state index contributed by atoms with van der Waals surface area (Å²) in [4.78, 5) is 107. The van der Waals surface area contributed by atoms with Crippen LogP contribution in [-0.2, 0) is 12.8 Å². The molecule has 0 unspecified atom stereocenters. The van der Waals surface area contributed by atoms with Crippen molar-refractivity contribution in [2.75, 3.05) is 182 Å². The van der Waals surface area contributed by atoms with Gasteiger partial charge < -0.3 is 73.6 Å². The molecule has 0 spiro atoms. The van der Waals surface area contributed by atoms with Crippen LogP contribution < -0.4 is 117 Å². The fourth-order valence-corrected chi connectivity index (χ4v) is 17.0. The summed E-state index contributed by atoms with van der Waals surface area (Å²) >= 11 is 40.2. The molecule has 0 fully saturated rings. The summed E-state index contributed by atoms with van der Waals surface area (Å²) in [6, 6.07) is 0. The molecule has 8 rings (SSSR count). The zero-order valence-corrected chi connectivity index (χ0v) is 93.2. The molecule has 738 valence electrons. The fraction of sp³-hybridized carbons (Fsp3) is 0.683. The van der Waals surface area contributed by atoms with Crippen molar-refractivity contribution in [2.24, 2.45) is 43.3 Å². The van der Waals surface area contributed by atoms with Crippen molar-refractivity contribution in [3.05, 3.63) is 129 Å². The highest BCUT2D eigenvalue weighted by Gasteiger charge is 2.30. The maximum Gasteiger partial charge on any atom is 0.224 e. The number of nitrogen functional groups attached to an aromatic ring is 6. The largest absolute Gasteiger partial charge is 0.395 e. The summed E-state index contributed by atoms with van der Waals surface area (Å²) in [5, 5.41) is 0. The Bertz CT molecular complexity index is 5510. The second-order valence-corrected chi connectivity index (χ2v) is 48.3. The van der Waals surface area contributed by atoms with E-state index in [0.29, 0.717) is 108 Å². The molecule has 0 radical (unpaired) electrons. The minimum absolute atomic E-state index is 0.0203. The first kappa shape index (κ1) is 122. The van der Waals surface area contributed by atoms with Gasteiger partial charge >= 0.3 is 0 Å². The Balaban J connectivity index is 0.000000750. The Kier molecular flexibility index (Phi) is 48.5. The Hall–Kier alpha value is -6.80. The number of nitrogens with two attached hydrogens (primary N) is 6. The van der Waals surface area contributed by atoms with Crippen LogP contribution in [0.15, 0.2) is 38.4 Å². The van der Waals surface area contributed by atoms with Crippen LogP contribution >= 0.6 is 97.7 Å². The third-order valence-corrected chi connectivity index (χ3v) is 26.2. The number of rotatable bonds is 35. The molecular weight excluding hydrogens is 1790 g/mol. The van der Waals surface area contributed by atoms with Crippen molar-refractivity contribution >= 4 is 177 Å². The van der Waals surface area contributed by atoms with Crippen molar-refractivity contribution in [3.63, 3.8) is 0 Å². The van der Waals surface area contributed by atoms with Gasteiger partial charge in [0.2, 0.25) is 43.4 Å². The quantitative estimate of drug-likeness (QED) is 0.0159. The zero-order chi connectivity index (χ0) is 102. The van der Waals surface area contributed by atoms with Crippen LogP contribution in [0.2, 0.25) is 0 Å². The molecule has 0 amide bonds. The lowest BCUT2D eigenvalue weighted by molar-refractivity contribution is 0.358. The monoisotopic (exact) mass is 1960 g/mol. The third-order valence-electron chi connectivity index (χ3n) is 23.0. The molecule has 131 heavy (non-hydrogen) atoms. The molecule has 22 nitrogen and oxygen atoms in total. The number of hydrogen-bond donors (Lipinski definition) is 6. The topological polar surface area (TPSA) is 319 Å². The number of unbranched alkanes of at least 4 members (excludes halogenated alkanes) is 3. The summed E-state index contributed by atoms with van der Waals surface area (Å²) in [5.41, 5.74) is 45.8. The minimum Gasteiger partial charge on any atom is -0.395 e. The van der Waals surface area contributed by atoms with Crippen molar-refractivity contribution in [1.29, 1.82) is 0 Å². The van der Waals surface area contributed by atoms with E-state index in [2.05, 4.69) is 195 Å². The van der Waals surface area contributed by atoms with Crippen molar-refractivity contribution in [1.82, 2.24) is 0 Å². The van der Waals surface area contributed by atoms with E-state index in [9.17, 15) is 38.4 Å². The van der Waals surface area contributed by atoms with E-state index < -0.39 is 0 Å². The van der Waals surface area contributed by atoms with Gasteiger partial charge in [0, 0.05) is 119 Å². The third kappa shape index (κ3) is 39.1. The second-order valence-electron chi connectivity index (χ2n) is 45.0. The van der Waals surface area contributed by atoms with Crippen molar-refractivity contribution in [2.45, 2.75) is 303 Å². The first-order valence-electron chi connectivity index (χ1n) is 46.4. The highest BCUT2D eigenvalue weighted by molar-refractivity contribution is 7.73. The smallest absolute Gasteiger partial charge is 0.224 e. The highest BCUT2D eigenvalue weighted by Crippen LogP contribution is 2.36. The van der Waals surface area contributed by atoms with Crippen LogP contribution in [-0.4, -0.2) is 108 Å². The summed E-state index contributed by atoms with van der Waals surface area (Å²) in [6.07, 6.45) is 19.8. The van der Waals surface area contributed by atoms with Gasteiger partial charge in [0.05, 0.1) is 54.5 Å². The molecule has 0 saturated carbocycles. The molecule has 0 atom stereocenters. The van der Waals surface area contributed by atoms with E-state index in [-0.39, 0.29) is 48.8 Å². The number of nitrogens with zero attached hydrogens (tertiary/aromatic N) is 8. The normalized spacial score (nSPS) is 12.0. The fourth-order valence-electron chi connectivity index (χ4n) is 14.1. The molecule has 30 heteroatoms. The van der Waals surface area contributed by atoms with Gasteiger partial charge in [-0.05, 0) is 160 Å². The molecule has 0 aliphatic carbocycles. The second kappa shape index (κ2) is 51.9. The van der Waals surface area contributed by atoms with Gasteiger partial charge in [-0.2, -0.15) is 0 Å². The maximum absolute atomic E-state index is 12.0. The van der Waals surface area contributed by atoms with Gasteiger partial charge in [-0.3, -0.25) is 38.4 Å². The van der Waals surface area contributed by atoms with Crippen LogP contribution in [0.3, 0.4) is 0 Å². The lowest BCUT2D eigenvalue weighted by Crippen LogP contribution is -2.36. The molecule has 0 saturated heterocycles. The highest BCUT2D eigenvalue weighted by atomic mass is 32.1. The van der Waals surface area contributed by atoms with E-state index >= 15 is 0 Å². The van der Waals surface area contributed by atoms with Gasteiger partial charge in [-0.1, -0.05) is 283 Å². The van der Waals surface area contributed by atoms with Gasteiger partial charge in [-0.25, -0.2) is 0 Å². The molecule has 0 bridgehead atoms. The number of anilines is 14. The van der Waals surface area contributed by atoms with E-state index in [1.165, 1.54) is 32.1 Å². The van der Waals surface area contributed by atoms with Crippen LogP contribution in [0.4, 0.5) is 79.6 Å². The van der Waals surface area contributed by atoms with Gasteiger partial charge in [-0.15, -0.1) is 0 Å². The lowest BCUT2D eigenvalue weighted by Gasteiger charge is -2.32. The number of hydrogen-bond acceptors (Lipinski definition) is 30. The Morgan fingerprint density at radius 2 is 0.420 bits per heavy atom. The van der Waals surface area contributed by atoms with Crippen LogP contribution in [0.25, 0.3) is 0 Å². The Morgan fingerprint density at radius 3 is 0.679 bits per heavy atom. The van der Waals surface area contributed by atoms with Gasteiger partial charge in [0.25, 0.3) is 0 Å². The zero-order valence-electron chi connectivity index (χ0n) is 86.7. The molecule has 0 aliphatic rings. The van der Waals surface area contributed by atoms with Crippen LogP contribution in [0.5, 0.6) is 0 Å². The first-order valence-corrected chi connectivity index (χ1v) is 49.7. The summed E-state index contributed by atoms with van der Waals surface area (Å²) in [7, 11) is 13.7. The average molecular weight is 1960 g/mol. The van der Waals surface area contributed by atoms with Gasteiger partial charge in [0.1, 0.15) is 61.2 Å². The van der Waals surface area contributed by atoms with Crippen molar-refractivity contribution in [3.8, 4) is 0 Å². The molecule has 8 aromatic rings. The predicted molar refractivity (Wildman–Crippen MR) is 593 cm³/mol. The van der Waals surface area contributed by atoms with Crippen LogP contribution in [0, 0.1) is 79.4 Å². The average Bonchev–Trinajstić information content (AvgIpc) is 0.768. The van der Waals surface area contributed by atoms with E-state index in [4.69, 9.17) is 132 Å². The SMILES string of the molecule is CC(C)(C)CCCCCc1c(N)c(=O)c1=S.CC(C)(C)CCCc1c(N)c(=O)c1=S.CCN(C)c1c(N(C)CCC(C)(C)C)c(=S)c1=O.CCN(CC)c1c(N(C)CCC(C)(C)C)c(=S)c1=O.CN(CCC(C)(C)C)c1c(N)c(=O)c1=S.CN(CCCC(C)(C)C)c1c(N)c(=O)c1=S.CN(CCCC(C)(C)C)c1c(N)c(=O)c1=S.CN(CCCCC(C)(C)C)c1c(N)c(=O)c1=S. The molecular formula is C101H168N14O8S8. The molecule has 0 heterocycles. The van der Waals surface area contributed by atoms with Gasteiger partial charge in [0.15, 0.2) is 0 Å². The molecule has 8 aromatic carbocycles. The summed E-state index contributed by atoms with van der Waals surface area (Å²) in [5.74, 6) is 0. The minimum atomic E-state index is -0.178. The van der Waals surface area contributed by atoms with Crippen molar-refractivity contribution < 1.29 is 0 Å². The Morgan fingerprint density at radius 1 is 0.206 bits per heavy atom. The molecule has 0 aromatic heterocycles. The molecule has 0 aliphatic heterocycles. The Labute approximate surface area is 827 Å². The van der Waals surface area contributed by atoms with Crippen LogP contribution in [0.1, 0.15) is 301 Å². The lowest BCUT2D eigenvalue weighted by atomic mass is 9.88. The van der Waals surface area contributed by atoms with E-state index in [1.807, 2.05) is 80.8 Å². The first-order chi connectivity index (χ1) is 59.5. The summed E-state index contributed by atoms with van der Waals surface area (Å²) in [6.45, 7) is 67.4. The maximum atomic E-state index is 12.0. The summed E-state index contributed by atoms with van der Waals surface area (Å²) < 4.78 is 3.45.